The molecule has 0 aliphatic carbocycles. The second-order valence-electron chi connectivity index (χ2n) is 4.73. The number of sulfonamides is 1. The first-order chi connectivity index (χ1) is 8.53. The van der Waals surface area contributed by atoms with Gasteiger partial charge in [0, 0.05) is 37.3 Å². The van der Waals surface area contributed by atoms with Crippen LogP contribution in [0.4, 0.5) is 0 Å². The number of aromatic nitrogens is 1. The van der Waals surface area contributed by atoms with Crippen molar-refractivity contribution >= 4 is 21.6 Å². The number of hydrogen-bond donors (Lipinski definition) is 0. The Morgan fingerprint density at radius 3 is 3.06 bits per heavy atom. The fourth-order valence-corrected chi connectivity index (χ4v) is 4.08. The van der Waals surface area contributed by atoms with Crippen LogP contribution in [-0.4, -0.2) is 35.9 Å². The first-order valence-electron chi connectivity index (χ1n) is 5.99. The summed E-state index contributed by atoms with van der Waals surface area (Å²) >= 11 is 5.69. The van der Waals surface area contributed by atoms with Gasteiger partial charge in [0.25, 0.3) is 0 Å². The summed E-state index contributed by atoms with van der Waals surface area (Å²) in [5, 5.41) is 0. The molecule has 0 saturated heterocycles. The SMILES string of the molecule is CC(CCl)CS(=O)(=O)N1CCc2ncccc2C1. The molecule has 0 fully saturated rings. The molecule has 18 heavy (non-hydrogen) atoms. The molecule has 0 saturated carbocycles. The molecule has 100 valence electrons. The predicted octanol–water partition coefficient (Wildman–Crippen LogP) is 1.64. The summed E-state index contributed by atoms with van der Waals surface area (Å²) in [6, 6.07) is 3.78. The van der Waals surface area contributed by atoms with Crippen LogP contribution in [0.1, 0.15) is 18.2 Å². The van der Waals surface area contributed by atoms with Gasteiger partial charge in [-0.1, -0.05) is 13.0 Å². The average Bonchev–Trinajstić information content (AvgIpc) is 2.37. The molecule has 2 rings (SSSR count). The van der Waals surface area contributed by atoms with Gasteiger partial charge >= 0.3 is 0 Å². The van der Waals surface area contributed by atoms with E-state index in [1.807, 2.05) is 19.1 Å². The summed E-state index contributed by atoms with van der Waals surface area (Å²) in [6.45, 7) is 2.80. The van der Waals surface area contributed by atoms with Crippen LogP contribution in [0.2, 0.25) is 0 Å². The molecule has 0 N–H and O–H groups in total. The van der Waals surface area contributed by atoms with E-state index < -0.39 is 10.0 Å². The minimum Gasteiger partial charge on any atom is -0.261 e. The number of hydrogen-bond acceptors (Lipinski definition) is 3. The molecule has 0 amide bonds. The van der Waals surface area contributed by atoms with Crippen molar-refractivity contribution in [1.82, 2.24) is 9.29 Å². The Labute approximate surface area is 113 Å². The van der Waals surface area contributed by atoms with E-state index in [1.165, 1.54) is 0 Å². The van der Waals surface area contributed by atoms with Crippen molar-refractivity contribution in [3.05, 3.63) is 29.6 Å². The molecule has 0 radical (unpaired) electrons. The molecular formula is C12H17ClN2O2S. The molecule has 0 aromatic carbocycles. The van der Waals surface area contributed by atoms with Crippen LogP contribution in [0.3, 0.4) is 0 Å². The lowest BCUT2D eigenvalue weighted by Crippen LogP contribution is -2.39. The van der Waals surface area contributed by atoms with Crippen molar-refractivity contribution in [3.8, 4) is 0 Å². The molecule has 2 heterocycles. The maximum atomic E-state index is 12.2. The highest BCUT2D eigenvalue weighted by molar-refractivity contribution is 7.89. The van der Waals surface area contributed by atoms with Gasteiger partial charge in [-0.15, -0.1) is 11.6 Å². The topological polar surface area (TPSA) is 50.3 Å². The normalized spacial score (nSPS) is 18.3. The van der Waals surface area contributed by atoms with E-state index in [2.05, 4.69) is 4.98 Å². The Hall–Kier alpha value is -0.650. The molecule has 0 spiro atoms. The third-order valence-corrected chi connectivity index (χ3v) is 5.70. The summed E-state index contributed by atoms with van der Waals surface area (Å²) < 4.78 is 26.0. The Balaban J connectivity index is 2.13. The number of pyridine rings is 1. The summed E-state index contributed by atoms with van der Waals surface area (Å²) in [5.41, 5.74) is 2.01. The maximum absolute atomic E-state index is 12.2. The lowest BCUT2D eigenvalue weighted by Gasteiger charge is -2.28. The molecule has 1 unspecified atom stereocenters. The van der Waals surface area contributed by atoms with Crippen LogP contribution in [-0.2, 0) is 23.0 Å². The second kappa shape index (κ2) is 5.55. The fraction of sp³-hybridized carbons (Fsp3) is 0.583. The number of nitrogens with zero attached hydrogens (tertiary/aromatic N) is 2. The van der Waals surface area contributed by atoms with Gasteiger partial charge < -0.3 is 0 Å². The Morgan fingerprint density at radius 2 is 2.33 bits per heavy atom. The maximum Gasteiger partial charge on any atom is 0.214 e. The quantitative estimate of drug-likeness (QED) is 0.792. The van der Waals surface area contributed by atoms with E-state index in [1.54, 1.807) is 10.5 Å². The van der Waals surface area contributed by atoms with Crippen molar-refractivity contribution in [3.63, 3.8) is 0 Å². The van der Waals surface area contributed by atoms with E-state index in [-0.39, 0.29) is 11.7 Å². The molecule has 1 aliphatic rings. The number of rotatable bonds is 4. The first-order valence-corrected chi connectivity index (χ1v) is 8.14. The lowest BCUT2D eigenvalue weighted by molar-refractivity contribution is 0.384. The minimum absolute atomic E-state index is 0.0213. The van der Waals surface area contributed by atoms with E-state index in [9.17, 15) is 8.42 Å². The van der Waals surface area contributed by atoms with Crippen molar-refractivity contribution in [1.29, 1.82) is 0 Å². The largest absolute Gasteiger partial charge is 0.261 e. The van der Waals surface area contributed by atoms with Crippen LogP contribution in [0.5, 0.6) is 0 Å². The standard InChI is InChI=1S/C12H17ClN2O2S/c1-10(7-13)9-18(16,17)15-6-4-12-11(8-15)3-2-5-14-12/h2-3,5,10H,4,6-9H2,1H3. The first kappa shape index (κ1) is 13.8. The average molecular weight is 289 g/mol. The van der Waals surface area contributed by atoms with Crippen molar-refractivity contribution in [2.75, 3.05) is 18.2 Å². The molecular weight excluding hydrogens is 272 g/mol. The van der Waals surface area contributed by atoms with Crippen LogP contribution >= 0.6 is 11.6 Å². The van der Waals surface area contributed by atoms with Crippen molar-refractivity contribution in [2.24, 2.45) is 5.92 Å². The predicted molar refractivity (Wildman–Crippen MR) is 72.0 cm³/mol. The highest BCUT2D eigenvalue weighted by Gasteiger charge is 2.28. The number of fused-ring (bicyclic) bond motifs is 1. The van der Waals surface area contributed by atoms with E-state index in [0.29, 0.717) is 25.4 Å². The van der Waals surface area contributed by atoms with Gasteiger partial charge in [-0.05, 0) is 17.5 Å². The van der Waals surface area contributed by atoms with Gasteiger partial charge in [0.05, 0.1) is 5.75 Å². The smallest absolute Gasteiger partial charge is 0.214 e. The Morgan fingerprint density at radius 1 is 1.56 bits per heavy atom. The molecule has 0 bridgehead atoms. The third kappa shape index (κ3) is 3.02. The third-order valence-electron chi connectivity index (χ3n) is 3.08. The Bertz CT molecular complexity index is 519. The Kier molecular flexibility index (Phi) is 4.25. The van der Waals surface area contributed by atoms with Crippen LogP contribution in [0, 0.1) is 5.92 Å². The van der Waals surface area contributed by atoms with Crippen molar-refractivity contribution in [2.45, 2.75) is 19.9 Å². The monoisotopic (exact) mass is 288 g/mol. The molecule has 6 heteroatoms. The molecule has 4 nitrogen and oxygen atoms in total. The van der Waals surface area contributed by atoms with E-state index in [0.717, 1.165) is 11.3 Å². The van der Waals surface area contributed by atoms with Crippen LogP contribution in [0.25, 0.3) is 0 Å². The molecule has 1 aromatic heterocycles. The van der Waals surface area contributed by atoms with Crippen LogP contribution in [0.15, 0.2) is 18.3 Å². The summed E-state index contributed by atoms with van der Waals surface area (Å²) in [4.78, 5) is 4.27. The second-order valence-corrected chi connectivity index (χ2v) is 7.05. The highest BCUT2D eigenvalue weighted by Crippen LogP contribution is 2.20. The zero-order valence-electron chi connectivity index (χ0n) is 10.3. The van der Waals surface area contributed by atoms with Gasteiger partial charge in [0.2, 0.25) is 10.0 Å². The number of halogens is 1. The zero-order chi connectivity index (χ0) is 13.2. The zero-order valence-corrected chi connectivity index (χ0v) is 11.9. The van der Waals surface area contributed by atoms with Gasteiger partial charge in [-0.3, -0.25) is 4.98 Å². The summed E-state index contributed by atoms with van der Waals surface area (Å²) in [6.07, 6.45) is 2.43. The van der Waals surface area contributed by atoms with E-state index in [4.69, 9.17) is 11.6 Å². The van der Waals surface area contributed by atoms with Crippen LogP contribution < -0.4 is 0 Å². The summed E-state index contributed by atoms with van der Waals surface area (Å²) in [5.74, 6) is 0.462. The summed E-state index contributed by atoms with van der Waals surface area (Å²) in [7, 11) is -3.22. The minimum atomic E-state index is -3.22. The van der Waals surface area contributed by atoms with Gasteiger partial charge in [-0.2, -0.15) is 4.31 Å². The highest BCUT2D eigenvalue weighted by atomic mass is 35.5. The van der Waals surface area contributed by atoms with E-state index >= 15 is 0 Å². The fourth-order valence-electron chi connectivity index (χ4n) is 2.09. The van der Waals surface area contributed by atoms with Gasteiger partial charge in [0.15, 0.2) is 0 Å². The molecule has 1 atom stereocenters. The lowest BCUT2D eigenvalue weighted by atomic mass is 10.1. The van der Waals surface area contributed by atoms with Gasteiger partial charge in [0.1, 0.15) is 0 Å². The van der Waals surface area contributed by atoms with Gasteiger partial charge in [-0.25, -0.2) is 8.42 Å². The number of alkyl halides is 1. The molecule has 1 aliphatic heterocycles. The van der Waals surface area contributed by atoms with Crippen molar-refractivity contribution < 1.29 is 8.42 Å². The molecule has 1 aromatic rings.